The predicted molar refractivity (Wildman–Crippen MR) is 52.6 cm³/mol. The summed E-state index contributed by atoms with van der Waals surface area (Å²) in [5.74, 6) is -0.190. The Hall–Kier alpha value is -0.790. The fourth-order valence-corrected chi connectivity index (χ4v) is 2.27. The van der Waals surface area contributed by atoms with Crippen LogP contribution in [0.2, 0.25) is 0 Å². The normalized spacial score (nSPS) is 20.2. The fourth-order valence-electron chi connectivity index (χ4n) is 2.27. The van der Waals surface area contributed by atoms with Gasteiger partial charge in [0.2, 0.25) is 0 Å². The highest BCUT2D eigenvalue weighted by Crippen LogP contribution is 2.34. The van der Waals surface area contributed by atoms with Crippen molar-refractivity contribution >= 4 is 5.97 Å². The molecular formula is C11H18O2. The molecule has 0 spiro atoms. The van der Waals surface area contributed by atoms with Crippen LogP contribution in [0.5, 0.6) is 0 Å². The molecule has 1 rings (SSSR count). The van der Waals surface area contributed by atoms with Gasteiger partial charge in [-0.2, -0.15) is 0 Å². The van der Waals surface area contributed by atoms with Gasteiger partial charge >= 0.3 is 5.97 Å². The molecule has 0 aromatic heterocycles. The maximum Gasteiger partial charge on any atom is 0.331 e. The van der Waals surface area contributed by atoms with E-state index in [4.69, 9.17) is 5.11 Å². The smallest absolute Gasteiger partial charge is 0.331 e. The van der Waals surface area contributed by atoms with Crippen LogP contribution < -0.4 is 0 Å². The average molecular weight is 182 g/mol. The summed E-state index contributed by atoms with van der Waals surface area (Å²) in [5.41, 5.74) is 1.75. The second-order valence-electron chi connectivity index (χ2n) is 3.79. The van der Waals surface area contributed by atoms with Gasteiger partial charge in [-0.05, 0) is 32.1 Å². The van der Waals surface area contributed by atoms with Crippen LogP contribution >= 0.6 is 0 Å². The lowest BCUT2D eigenvalue weighted by atomic mass is 9.91. The van der Waals surface area contributed by atoms with Gasteiger partial charge in [0, 0.05) is 5.57 Å². The summed E-state index contributed by atoms with van der Waals surface area (Å²) in [4.78, 5) is 10.8. The number of aliphatic carboxylic acids is 1. The lowest BCUT2D eigenvalue weighted by molar-refractivity contribution is -0.132. The van der Waals surface area contributed by atoms with E-state index in [9.17, 15) is 4.79 Å². The average Bonchev–Trinajstić information content (AvgIpc) is 2.58. The SMILES string of the molecule is CCC(=C(C)C(=O)O)C1CCCC1. The second kappa shape index (κ2) is 4.45. The molecule has 74 valence electrons. The van der Waals surface area contributed by atoms with Crippen LogP contribution in [0.4, 0.5) is 0 Å². The van der Waals surface area contributed by atoms with Gasteiger partial charge in [-0.1, -0.05) is 25.3 Å². The molecule has 0 unspecified atom stereocenters. The van der Waals surface area contributed by atoms with Crippen molar-refractivity contribution in [3.05, 3.63) is 11.1 Å². The Morgan fingerprint density at radius 2 is 1.92 bits per heavy atom. The number of carboxylic acids is 1. The second-order valence-corrected chi connectivity index (χ2v) is 3.79. The van der Waals surface area contributed by atoms with Crippen molar-refractivity contribution < 1.29 is 9.90 Å². The first kappa shape index (κ1) is 10.3. The van der Waals surface area contributed by atoms with E-state index in [1.165, 1.54) is 31.3 Å². The Kier molecular flexibility index (Phi) is 3.52. The number of rotatable bonds is 3. The number of carboxylic acid groups (broad SMARTS) is 1. The van der Waals surface area contributed by atoms with E-state index in [0.29, 0.717) is 11.5 Å². The molecule has 0 saturated heterocycles. The van der Waals surface area contributed by atoms with Crippen molar-refractivity contribution in [1.82, 2.24) is 0 Å². The maximum absolute atomic E-state index is 10.8. The van der Waals surface area contributed by atoms with Gasteiger partial charge in [-0.25, -0.2) is 4.79 Å². The van der Waals surface area contributed by atoms with E-state index in [0.717, 1.165) is 6.42 Å². The Morgan fingerprint density at radius 1 is 1.38 bits per heavy atom. The van der Waals surface area contributed by atoms with E-state index in [1.807, 2.05) is 0 Å². The van der Waals surface area contributed by atoms with Crippen molar-refractivity contribution in [2.75, 3.05) is 0 Å². The molecule has 0 heterocycles. The fraction of sp³-hybridized carbons (Fsp3) is 0.727. The van der Waals surface area contributed by atoms with Gasteiger partial charge in [0.25, 0.3) is 0 Å². The lowest BCUT2D eigenvalue weighted by Crippen LogP contribution is -2.07. The molecule has 0 atom stereocenters. The first-order valence-electron chi connectivity index (χ1n) is 5.09. The van der Waals surface area contributed by atoms with E-state index in [2.05, 4.69) is 6.92 Å². The van der Waals surface area contributed by atoms with Gasteiger partial charge in [0.1, 0.15) is 0 Å². The highest BCUT2D eigenvalue weighted by molar-refractivity contribution is 5.86. The zero-order chi connectivity index (χ0) is 9.84. The molecule has 0 radical (unpaired) electrons. The van der Waals surface area contributed by atoms with Gasteiger partial charge in [0.05, 0.1) is 0 Å². The molecule has 1 aliphatic rings. The van der Waals surface area contributed by atoms with Gasteiger partial charge < -0.3 is 5.11 Å². The van der Waals surface area contributed by atoms with E-state index >= 15 is 0 Å². The number of hydrogen-bond acceptors (Lipinski definition) is 1. The Balaban J connectivity index is 2.81. The molecule has 2 heteroatoms. The number of allylic oxidation sites excluding steroid dienone is 1. The quantitative estimate of drug-likeness (QED) is 0.681. The van der Waals surface area contributed by atoms with Crippen LogP contribution in [0.3, 0.4) is 0 Å². The molecule has 0 aromatic rings. The standard InChI is InChI=1S/C11H18O2/c1-3-10(8(2)11(12)13)9-6-4-5-7-9/h9H,3-7H2,1-2H3,(H,12,13). The van der Waals surface area contributed by atoms with Crippen LogP contribution in [0.15, 0.2) is 11.1 Å². The highest BCUT2D eigenvalue weighted by Gasteiger charge is 2.21. The third-order valence-corrected chi connectivity index (χ3v) is 3.03. The third-order valence-electron chi connectivity index (χ3n) is 3.03. The number of carbonyl (C=O) groups is 1. The van der Waals surface area contributed by atoms with Crippen LogP contribution in [0.25, 0.3) is 0 Å². The lowest BCUT2D eigenvalue weighted by Gasteiger charge is -2.14. The summed E-state index contributed by atoms with van der Waals surface area (Å²) in [5, 5.41) is 8.89. The zero-order valence-electron chi connectivity index (χ0n) is 8.47. The van der Waals surface area contributed by atoms with Crippen LogP contribution in [0, 0.1) is 5.92 Å². The first-order valence-corrected chi connectivity index (χ1v) is 5.09. The summed E-state index contributed by atoms with van der Waals surface area (Å²) in [6, 6.07) is 0. The Bertz CT molecular complexity index is 222. The van der Waals surface area contributed by atoms with E-state index in [-0.39, 0.29) is 0 Å². The van der Waals surface area contributed by atoms with Gasteiger partial charge in [-0.3, -0.25) is 0 Å². The zero-order valence-corrected chi connectivity index (χ0v) is 8.47. The van der Waals surface area contributed by atoms with Crippen LogP contribution in [0.1, 0.15) is 46.0 Å². The summed E-state index contributed by atoms with van der Waals surface area (Å²) < 4.78 is 0. The Labute approximate surface area is 79.6 Å². The summed E-state index contributed by atoms with van der Waals surface area (Å²) in [6.07, 6.45) is 5.80. The van der Waals surface area contributed by atoms with Crippen LogP contribution in [-0.2, 0) is 4.79 Å². The van der Waals surface area contributed by atoms with Crippen molar-refractivity contribution in [2.24, 2.45) is 5.92 Å². The first-order chi connectivity index (χ1) is 6.16. The topological polar surface area (TPSA) is 37.3 Å². The predicted octanol–water partition coefficient (Wildman–Crippen LogP) is 2.99. The monoisotopic (exact) mass is 182 g/mol. The minimum absolute atomic E-state index is 0.557. The molecular weight excluding hydrogens is 164 g/mol. The van der Waals surface area contributed by atoms with E-state index < -0.39 is 5.97 Å². The van der Waals surface area contributed by atoms with Crippen LogP contribution in [-0.4, -0.2) is 11.1 Å². The molecule has 0 amide bonds. The molecule has 13 heavy (non-hydrogen) atoms. The molecule has 0 aromatic carbocycles. The van der Waals surface area contributed by atoms with Crippen molar-refractivity contribution in [3.8, 4) is 0 Å². The summed E-state index contributed by atoms with van der Waals surface area (Å²) in [7, 11) is 0. The van der Waals surface area contributed by atoms with Crippen molar-refractivity contribution in [1.29, 1.82) is 0 Å². The molecule has 0 aliphatic heterocycles. The van der Waals surface area contributed by atoms with Crippen molar-refractivity contribution in [3.63, 3.8) is 0 Å². The van der Waals surface area contributed by atoms with Crippen molar-refractivity contribution in [2.45, 2.75) is 46.0 Å². The molecule has 1 N–H and O–H groups in total. The van der Waals surface area contributed by atoms with E-state index in [1.54, 1.807) is 6.92 Å². The summed E-state index contributed by atoms with van der Waals surface area (Å²) in [6.45, 7) is 3.79. The third kappa shape index (κ3) is 2.33. The molecule has 1 saturated carbocycles. The molecule has 2 nitrogen and oxygen atoms in total. The largest absolute Gasteiger partial charge is 0.478 e. The van der Waals surface area contributed by atoms with Gasteiger partial charge in [-0.15, -0.1) is 0 Å². The minimum Gasteiger partial charge on any atom is -0.478 e. The molecule has 1 aliphatic carbocycles. The highest BCUT2D eigenvalue weighted by atomic mass is 16.4. The minimum atomic E-state index is -0.747. The molecule has 1 fully saturated rings. The Morgan fingerprint density at radius 3 is 2.31 bits per heavy atom. The molecule has 0 bridgehead atoms. The number of hydrogen-bond donors (Lipinski definition) is 1. The summed E-state index contributed by atoms with van der Waals surface area (Å²) >= 11 is 0. The maximum atomic E-state index is 10.8. The van der Waals surface area contributed by atoms with Gasteiger partial charge in [0.15, 0.2) is 0 Å².